The van der Waals surface area contributed by atoms with Crippen molar-refractivity contribution in [1.29, 1.82) is 0 Å². The summed E-state index contributed by atoms with van der Waals surface area (Å²) >= 11 is 0. The smallest absolute Gasteiger partial charge is 0.0911 e. The molecule has 2 saturated carbocycles. The molecular formula is C18H32N6O4. The molecule has 4 atom stereocenters. The third-order valence-electron chi connectivity index (χ3n) is 5.65. The molecule has 0 aromatic carbocycles. The summed E-state index contributed by atoms with van der Waals surface area (Å²) in [5, 5.41) is 28.3. The quantitative estimate of drug-likeness (QED) is 0.309. The van der Waals surface area contributed by atoms with Crippen LogP contribution in [0.1, 0.15) is 64.2 Å². The highest BCUT2D eigenvalue weighted by Crippen LogP contribution is 2.23. The highest BCUT2D eigenvalue weighted by atomic mass is 16.5. The summed E-state index contributed by atoms with van der Waals surface area (Å²) in [7, 11) is 0. The van der Waals surface area contributed by atoms with Crippen LogP contribution in [0.4, 0.5) is 0 Å². The number of hydrogen-bond acceptors (Lipinski definition) is 6. The zero-order valence-electron chi connectivity index (χ0n) is 16.3. The van der Waals surface area contributed by atoms with Crippen LogP contribution in [0.15, 0.2) is 10.2 Å². The molecule has 0 spiro atoms. The van der Waals surface area contributed by atoms with Gasteiger partial charge in [0, 0.05) is 9.82 Å². The van der Waals surface area contributed by atoms with Crippen LogP contribution in [0.2, 0.25) is 0 Å². The molecule has 0 unspecified atom stereocenters. The average molecular weight is 396 g/mol. The van der Waals surface area contributed by atoms with Crippen LogP contribution >= 0.6 is 0 Å². The molecule has 158 valence electrons. The number of hydrogen-bond donors (Lipinski definition) is 2. The van der Waals surface area contributed by atoms with Gasteiger partial charge in [0.1, 0.15) is 0 Å². The Kier molecular flexibility index (Phi) is 10.4. The van der Waals surface area contributed by atoms with E-state index in [4.69, 9.17) is 20.5 Å². The number of rotatable bonds is 11. The van der Waals surface area contributed by atoms with Crippen molar-refractivity contribution in [3.05, 3.63) is 20.9 Å². The lowest BCUT2D eigenvalue weighted by atomic mass is 9.97. The molecule has 0 heterocycles. The minimum Gasteiger partial charge on any atom is -0.390 e. The van der Waals surface area contributed by atoms with Crippen molar-refractivity contribution in [2.24, 2.45) is 10.2 Å². The summed E-state index contributed by atoms with van der Waals surface area (Å²) in [4.78, 5) is 5.53. The Morgan fingerprint density at radius 3 is 1.39 bits per heavy atom. The fraction of sp³-hybridized carbons (Fsp3) is 1.00. The van der Waals surface area contributed by atoms with E-state index in [-0.39, 0.29) is 25.4 Å². The summed E-state index contributed by atoms with van der Waals surface area (Å²) in [6.45, 7) is 0.0266. The molecule has 2 N–H and O–H groups in total. The van der Waals surface area contributed by atoms with Gasteiger partial charge in [-0.15, -0.1) is 0 Å². The fourth-order valence-electron chi connectivity index (χ4n) is 3.92. The zero-order chi connectivity index (χ0) is 20.2. The van der Waals surface area contributed by atoms with Gasteiger partial charge in [0.2, 0.25) is 0 Å². The second-order valence-corrected chi connectivity index (χ2v) is 7.71. The molecule has 0 bridgehead atoms. The van der Waals surface area contributed by atoms with Gasteiger partial charge in [-0.2, -0.15) is 0 Å². The SMILES string of the molecule is [N-]=[N+]=N[C@@H](COC1CCCCC1)[C@@H](O)[C@H](O)[C@H](COC1CCCCC1)N=[N+]=[N-]. The van der Waals surface area contributed by atoms with E-state index < -0.39 is 24.3 Å². The Morgan fingerprint density at radius 1 is 0.714 bits per heavy atom. The summed E-state index contributed by atoms with van der Waals surface area (Å²) in [6, 6.07) is -1.93. The molecule has 10 nitrogen and oxygen atoms in total. The largest absolute Gasteiger partial charge is 0.390 e. The molecule has 0 aromatic rings. The molecule has 2 fully saturated rings. The summed E-state index contributed by atoms with van der Waals surface area (Å²) in [5.41, 5.74) is 17.6. The van der Waals surface area contributed by atoms with E-state index in [0.29, 0.717) is 0 Å². The fourth-order valence-corrected chi connectivity index (χ4v) is 3.92. The lowest BCUT2D eigenvalue weighted by Gasteiger charge is -2.30. The molecule has 0 amide bonds. The van der Waals surface area contributed by atoms with Crippen molar-refractivity contribution in [2.75, 3.05) is 13.2 Å². The maximum Gasteiger partial charge on any atom is 0.0911 e. The van der Waals surface area contributed by atoms with E-state index in [1.807, 2.05) is 0 Å². The van der Waals surface area contributed by atoms with Crippen LogP contribution in [0, 0.1) is 0 Å². The molecule has 0 radical (unpaired) electrons. The van der Waals surface area contributed by atoms with Crippen LogP contribution < -0.4 is 0 Å². The molecule has 2 rings (SSSR count). The van der Waals surface area contributed by atoms with Gasteiger partial charge in [-0.25, -0.2) is 0 Å². The lowest BCUT2D eigenvalue weighted by molar-refractivity contribution is -0.0643. The Morgan fingerprint density at radius 2 is 1.07 bits per heavy atom. The third kappa shape index (κ3) is 7.47. The van der Waals surface area contributed by atoms with Crippen LogP contribution in [-0.4, -0.2) is 59.9 Å². The number of ether oxygens (including phenoxy) is 2. The minimum atomic E-state index is -1.41. The molecule has 2 aliphatic carbocycles. The van der Waals surface area contributed by atoms with Crippen LogP contribution in [0.25, 0.3) is 20.9 Å². The van der Waals surface area contributed by atoms with Crippen molar-refractivity contribution >= 4 is 0 Å². The Balaban J connectivity index is 1.91. The first-order valence-corrected chi connectivity index (χ1v) is 10.3. The molecule has 0 aromatic heterocycles. The highest BCUT2D eigenvalue weighted by Gasteiger charge is 2.33. The predicted octanol–water partition coefficient (Wildman–Crippen LogP) is 3.76. The van der Waals surface area contributed by atoms with Gasteiger partial charge in [0.05, 0.1) is 49.7 Å². The topological polar surface area (TPSA) is 156 Å². The third-order valence-corrected chi connectivity index (χ3v) is 5.65. The van der Waals surface area contributed by atoms with Crippen molar-refractivity contribution in [3.8, 4) is 0 Å². The van der Waals surface area contributed by atoms with E-state index in [0.717, 1.165) is 51.4 Å². The molecule has 0 aliphatic heterocycles. The number of aliphatic hydroxyl groups is 2. The Bertz CT molecular complexity index is 492. The van der Waals surface area contributed by atoms with Crippen LogP contribution in [0.5, 0.6) is 0 Å². The van der Waals surface area contributed by atoms with Gasteiger partial charge < -0.3 is 19.7 Å². The minimum absolute atomic E-state index is 0.0133. The maximum absolute atomic E-state index is 10.5. The number of aliphatic hydroxyl groups excluding tert-OH is 2. The van der Waals surface area contributed by atoms with E-state index in [9.17, 15) is 10.2 Å². The second-order valence-electron chi connectivity index (χ2n) is 7.71. The molecule has 0 saturated heterocycles. The van der Waals surface area contributed by atoms with Crippen LogP contribution in [-0.2, 0) is 9.47 Å². The van der Waals surface area contributed by atoms with E-state index in [1.54, 1.807) is 0 Å². The van der Waals surface area contributed by atoms with Crippen molar-refractivity contribution in [2.45, 2.75) is 101 Å². The van der Waals surface area contributed by atoms with Crippen LogP contribution in [0.3, 0.4) is 0 Å². The van der Waals surface area contributed by atoms with Gasteiger partial charge in [-0.3, -0.25) is 0 Å². The first-order valence-electron chi connectivity index (χ1n) is 10.3. The standard InChI is InChI=1S/C18H32N6O4/c19-23-21-15(11-27-13-7-3-1-4-8-13)17(25)18(26)16(22-24-20)12-28-14-9-5-2-6-10-14/h13-18,25-26H,1-12H2/t15-,16-,17+,18+/m0/s1. The van der Waals surface area contributed by atoms with E-state index in [1.165, 1.54) is 12.8 Å². The normalized spacial score (nSPS) is 23.1. The Labute approximate surface area is 165 Å². The summed E-state index contributed by atoms with van der Waals surface area (Å²) in [6.07, 6.45) is 7.88. The van der Waals surface area contributed by atoms with Crippen molar-refractivity contribution < 1.29 is 19.7 Å². The van der Waals surface area contributed by atoms with Gasteiger partial charge in [-0.05, 0) is 36.7 Å². The first-order chi connectivity index (χ1) is 13.7. The molecular weight excluding hydrogens is 364 g/mol. The number of nitrogens with zero attached hydrogens (tertiary/aromatic N) is 6. The second kappa shape index (κ2) is 12.8. The average Bonchev–Trinajstić information content (AvgIpc) is 2.74. The van der Waals surface area contributed by atoms with Crippen molar-refractivity contribution in [3.63, 3.8) is 0 Å². The lowest BCUT2D eigenvalue weighted by Crippen LogP contribution is -2.47. The first kappa shape index (κ1) is 22.7. The summed E-state index contributed by atoms with van der Waals surface area (Å²) in [5.74, 6) is 0. The van der Waals surface area contributed by atoms with Gasteiger partial charge >= 0.3 is 0 Å². The van der Waals surface area contributed by atoms with Gasteiger partial charge in [-0.1, -0.05) is 48.8 Å². The molecule has 2 aliphatic rings. The van der Waals surface area contributed by atoms with Crippen molar-refractivity contribution in [1.82, 2.24) is 0 Å². The Hall–Kier alpha value is -1.54. The van der Waals surface area contributed by atoms with E-state index >= 15 is 0 Å². The predicted molar refractivity (Wildman–Crippen MR) is 104 cm³/mol. The van der Waals surface area contributed by atoms with Gasteiger partial charge in [0.15, 0.2) is 0 Å². The monoisotopic (exact) mass is 396 g/mol. The molecule has 10 heteroatoms. The van der Waals surface area contributed by atoms with E-state index in [2.05, 4.69) is 20.1 Å². The summed E-state index contributed by atoms with van der Waals surface area (Å²) < 4.78 is 11.6. The zero-order valence-corrected chi connectivity index (χ0v) is 16.3. The maximum atomic E-state index is 10.5. The number of azide groups is 2. The molecule has 28 heavy (non-hydrogen) atoms. The highest BCUT2D eigenvalue weighted by molar-refractivity contribution is 4.90. The van der Waals surface area contributed by atoms with Gasteiger partial charge in [0.25, 0.3) is 0 Å².